The van der Waals surface area contributed by atoms with Crippen molar-refractivity contribution in [3.63, 3.8) is 0 Å². The number of amides is 1. The number of aromatic nitrogens is 1. The van der Waals surface area contributed by atoms with Crippen LogP contribution in [0.15, 0.2) is 83.9 Å². The summed E-state index contributed by atoms with van der Waals surface area (Å²) in [5.74, 6) is -0.201. The molecule has 0 unspecified atom stereocenters. The molecule has 2 aromatic rings. The van der Waals surface area contributed by atoms with E-state index in [0.29, 0.717) is 0 Å². The molecule has 1 saturated heterocycles. The molecule has 1 aromatic heterocycles. The molecule has 174 valence electrons. The minimum atomic E-state index is -0.201. The normalized spacial score (nSPS) is 17.8. The number of nitrogens with one attached hydrogen (secondary N) is 2. The highest BCUT2D eigenvalue weighted by Gasteiger charge is 2.12. The Kier molecular flexibility index (Phi) is 8.16. The average Bonchev–Trinajstić information content (AvgIpc) is 2.89. The summed E-state index contributed by atoms with van der Waals surface area (Å²) < 4.78 is 5.40. The molecule has 1 aromatic carbocycles. The van der Waals surface area contributed by atoms with Gasteiger partial charge in [0.05, 0.1) is 13.2 Å². The minimum Gasteiger partial charge on any atom is -0.379 e. The van der Waals surface area contributed by atoms with Crippen molar-refractivity contribution in [1.29, 1.82) is 0 Å². The Hall–Kier alpha value is -3.81. The summed E-state index contributed by atoms with van der Waals surface area (Å²) in [6.45, 7) is 4.36. The van der Waals surface area contributed by atoms with Gasteiger partial charge in [0.2, 0.25) is 5.91 Å². The number of aliphatic imine (C=N–C) groups is 1. The van der Waals surface area contributed by atoms with Crippen LogP contribution >= 0.6 is 0 Å². The minimum absolute atomic E-state index is 0.201. The number of anilines is 1. The largest absolute Gasteiger partial charge is 0.379 e. The van der Waals surface area contributed by atoms with Crippen LogP contribution in [-0.2, 0) is 16.1 Å². The molecule has 0 bridgehead atoms. The fraction of sp³-hybridized carbons (Fsp3) is 0.222. The van der Waals surface area contributed by atoms with Crippen molar-refractivity contribution >= 4 is 29.5 Å². The van der Waals surface area contributed by atoms with Gasteiger partial charge in [0.1, 0.15) is 0 Å². The van der Waals surface area contributed by atoms with E-state index in [1.54, 1.807) is 31.7 Å². The van der Waals surface area contributed by atoms with E-state index in [4.69, 9.17) is 4.74 Å². The van der Waals surface area contributed by atoms with Crippen LogP contribution in [0.25, 0.3) is 11.6 Å². The number of morpholine rings is 1. The molecule has 0 saturated carbocycles. The van der Waals surface area contributed by atoms with Gasteiger partial charge in [0.15, 0.2) is 0 Å². The van der Waals surface area contributed by atoms with Gasteiger partial charge in [-0.05, 0) is 47.6 Å². The predicted molar refractivity (Wildman–Crippen MR) is 137 cm³/mol. The number of hydrogen-bond acceptors (Lipinski definition) is 6. The molecule has 1 fully saturated rings. The van der Waals surface area contributed by atoms with Crippen LogP contribution in [0.5, 0.6) is 0 Å². The van der Waals surface area contributed by atoms with Gasteiger partial charge in [-0.15, -0.1) is 0 Å². The van der Waals surface area contributed by atoms with Crippen LogP contribution in [0, 0.1) is 0 Å². The Bertz CT molecular complexity index is 1140. The van der Waals surface area contributed by atoms with Crippen LogP contribution < -0.4 is 10.6 Å². The summed E-state index contributed by atoms with van der Waals surface area (Å²) in [6.07, 6.45) is 16.3. The number of rotatable bonds is 7. The van der Waals surface area contributed by atoms with Gasteiger partial charge < -0.3 is 15.4 Å². The first kappa shape index (κ1) is 23.4. The van der Waals surface area contributed by atoms with Crippen LogP contribution in [-0.4, -0.2) is 55.4 Å². The van der Waals surface area contributed by atoms with E-state index in [0.717, 1.165) is 60.9 Å². The topological polar surface area (TPSA) is 78.8 Å². The van der Waals surface area contributed by atoms with Crippen molar-refractivity contribution in [3.8, 4) is 0 Å². The number of carbonyl (C=O) groups is 1. The number of ether oxygens (including phenoxy) is 1. The second kappa shape index (κ2) is 11.9. The monoisotopic (exact) mass is 455 g/mol. The highest BCUT2D eigenvalue weighted by Crippen LogP contribution is 2.23. The molecule has 2 aliphatic heterocycles. The zero-order chi connectivity index (χ0) is 23.6. The van der Waals surface area contributed by atoms with Gasteiger partial charge >= 0.3 is 0 Å². The summed E-state index contributed by atoms with van der Waals surface area (Å²) in [7, 11) is 1.74. The molecule has 0 spiro atoms. The molecule has 4 rings (SSSR count). The van der Waals surface area contributed by atoms with E-state index in [1.165, 1.54) is 11.6 Å². The summed E-state index contributed by atoms with van der Waals surface area (Å²) in [5, 5.41) is 6.17. The molecular weight excluding hydrogens is 426 g/mol. The zero-order valence-corrected chi connectivity index (χ0v) is 19.3. The average molecular weight is 456 g/mol. The number of carbonyl (C=O) groups excluding carboxylic acids is 1. The van der Waals surface area contributed by atoms with Crippen molar-refractivity contribution in [2.45, 2.75) is 6.54 Å². The van der Waals surface area contributed by atoms with Crippen molar-refractivity contribution in [3.05, 3.63) is 95.6 Å². The van der Waals surface area contributed by atoms with E-state index in [-0.39, 0.29) is 5.91 Å². The summed E-state index contributed by atoms with van der Waals surface area (Å²) in [4.78, 5) is 23.4. The van der Waals surface area contributed by atoms with Crippen LogP contribution in [0.1, 0.15) is 16.7 Å². The highest BCUT2D eigenvalue weighted by molar-refractivity contribution is 6.13. The van der Waals surface area contributed by atoms with E-state index in [9.17, 15) is 4.79 Å². The first-order chi connectivity index (χ1) is 16.7. The number of dihydropyridines is 1. The Morgan fingerprint density at radius 2 is 2.03 bits per heavy atom. The lowest BCUT2D eigenvalue weighted by molar-refractivity contribution is -0.111. The second-order valence-corrected chi connectivity index (χ2v) is 7.95. The van der Waals surface area contributed by atoms with Crippen LogP contribution in [0.3, 0.4) is 0 Å². The summed E-state index contributed by atoms with van der Waals surface area (Å²) in [6, 6.07) is 9.89. The lowest BCUT2D eigenvalue weighted by Gasteiger charge is -2.26. The molecular formula is C27H29N5O2. The number of allylic oxidation sites excluding steroid dienone is 4. The van der Waals surface area contributed by atoms with Gasteiger partial charge in [0.25, 0.3) is 0 Å². The molecule has 2 aliphatic rings. The van der Waals surface area contributed by atoms with Gasteiger partial charge in [-0.2, -0.15) is 0 Å². The fourth-order valence-electron chi connectivity index (χ4n) is 3.82. The maximum absolute atomic E-state index is 12.6. The van der Waals surface area contributed by atoms with Crippen LogP contribution in [0.4, 0.5) is 5.69 Å². The van der Waals surface area contributed by atoms with E-state index in [2.05, 4.69) is 37.6 Å². The molecule has 0 aliphatic carbocycles. The molecule has 0 radical (unpaired) electrons. The van der Waals surface area contributed by atoms with Gasteiger partial charge in [-0.3, -0.25) is 19.7 Å². The first-order valence-corrected chi connectivity index (χ1v) is 11.3. The Morgan fingerprint density at radius 3 is 2.76 bits per heavy atom. The highest BCUT2D eigenvalue weighted by atomic mass is 16.5. The Balaban J connectivity index is 1.43. The molecule has 0 atom stereocenters. The Labute approximate surface area is 200 Å². The first-order valence-electron chi connectivity index (χ1n) is 11.3. The second-order valence-electron chi connectivity index (χ2n) is 7.95. The van der Waals surface area contributed by atoms with Crippen molar-refractivity contribution in [2.75, 3.05) is 38.7 Å². The van der Waals surface area contributed by atoms with Crippen molar-refractivity contribution in [1.82, 2.24) is 15.2 Å². The molecule has 34 heavy (non-hydrogen) atoms. The molecule has 2 N–H and O–H groups in total. The zero-order valence-electron chi connectivity index (χ0n) is 19.3. The van der Waals surface area contributed by atoms with Crippen molar-refractivity contribution in [2.24, 2.45) is 4.99 Å². The SMILES string of the molecule is C/N=C\C(=C1\C=CC=CN1)c1ccncc1/C=C/C(=O)Nc1ccc(CN2CCOCC2)cc1. The van der Waals surface area contributed by atoms with Gasteiger partial charge in [0, 0.05) is 80.1 Å². The van der Waals surface area contributed by atoms with Gasteiger partial charge in [-0.1, -0.05) is 18.2 Å². The number of pyridine rings is 1. The maximum Gasteiger partial charge on any atom is 0.248 e. The van der Waals surface area contributed by atoms with E-state index >= 15 is 0 Å². The summed E-state index contributed by atoms with van der Waals surface area (Å²) >= 11 is 0. The number of hydrogen-bond donors (Lipinski definition) is 2. The quantitative estimate of drug-likeness (QED) is 0.492. The maximum atomic E-state index is 12.6. The smallest absolute Gasteiger partial charge is 0.248 e. The van der Waals surface area contributed by atoms with Gasteiger partial charge in [-0.25, -0.2) is 0 Å². The molecule has 1 amide bonds. The van der Waals surface area contributed by atoms with Crippen LogP contribution in [0.2, 0.25) is 0 Å². The molecule has 7 nitrogen and oxygen atoms in total. The predicted octanol–water partition coefficient (Wildman–Crippen LogP) is 3.65. The third-order valence-electron chi connectivity index (χ3n) is 5.55. The standard InChI is InChI=1S/C27H29N5O2/c1-28-19-25(26-4-2-3-12-30-26)24-11-13-29-18-22(24)7-10-27(33)31-23-8-5-21(6-9-23)20-32-14-16-34-17-15-32/h2-13,18-19,30H,14-17,20H2,1H3,(H,31,33)/b10-7+,26-25+,28-19-. The third-order valence-corrected chi connectivity index (χ3v) is 5.55. The lowest BCUT2D eigenvalue weighted by Crippen LogP contribution is -2.35. The Morgan fingerprint density at radius 1 is 1.21 bits per heavy atom. The van der Waals surface area contributed by atoms with E-state index in [1.807, 2.05) is 42.6 Å². The van der Waals surface area contributed by atoms with E-state index < -0.39 is 0 Å². The fourth-order valence-corrected chi connectivity index (χ4v) is 3.82. The third kappa shape index (κ3) is 6.37. The summed E-state index contributed by atoms with van der Waals surface area (Å²) in [5.41, 5.74) is 5.58. The number of benzene rings is 1. The molecule has 7 heteroatoms. The number of nitrogens with zero attached hydrogens (tertiary/aromatic N) is 3. The van der Waals surface area contributed by atoms with Crippen molar-refractivity contribution < 1.29 is 9.53 Å². The molecule has 3 heterocycles. The lowest BCUT2D eigenvalue weighted by atomic mass is 9.99.